The molecule has 144 valence electrons. The first-order valence-electron chi connectivity index (χ1n) is 9.70. The van der Waals surface area contributed by atoms with Gasteiger partial charge < -0.3 is 5.32 Å². The number of hydrogen-bond acceptors (Lipinski definition) is 3. The number of anilines is 1. The molecule has 0 spiro atoms. The van der Waals surface area contributed by atoms with E-state index in [9.17, 15) is 4.79 Å². The number of benzene rings is 2. The van der Waals surface area contributed by atoms with Gasteiger partial charge in [-0.05, 0) is 67.3 Å². The highest BCUT2D eigenvalue weighted by molar-refractivity contribution is 6.30. The zero-order chi connectivity index (χ0) is 19.5. The SMILES string of the molecule is N#Cc1cccc(CN2CCCC(NC(=O)N3CCc4cc(Cl)ccc43)C2)c1. The van der Waals surface area contributed by atoms with Crippen LogP contribution in [0.3, 0.4) is 0 Å². The Kier molecular flexibility index (Phi) is 5.52. The van der Waals surface area contributed by atoms with Crippen molar-refractivity contribution in [3.05, 3.63) is 64.2 Å². The largest absolute Gasteiger partial charge is 0.334 e. The number of nitrogens with one attached hydrogen (secondary N) is 1. The molecule has 0 saturated carbocycles. The number of nitriles is 1. The highest BCUT2D eigenvalue weighted by Crippen LogP contribution is 2.30. The van der Waals surface area contributed by atoms with E-state index in [2.05, 4.69) is 22.4 Å². The topological polar surface area (TPSA) is 59.4 Å². The lowest BCUT2D eigenvalue weighted by molar-refractivity contribution is 0.182. The van der Waals surface area contributed by atoms with Gasteiger partial charge in [-0.15, -0.1) is 0 Å². The van der Waals surface area contributed by atoms with Crippen LogP contribution in [0.5, 0.6) is 0 Å². The van der Waals surface area contributed by atoms with Crippen LogP contribution < -0.4 is 10.2 Å². The molecule has 2 aliphatic rings. The fraction of sp³-hybridized carbons (Fsp3) is 0.364. The van der Waals surface area contributed by atoms with Crippen LogP contribution in [-0.4, -0.2) is 36.6 Å². The molecular weight excluding hydrogens is 372 g/mol. The number of piperidine rings is 1. The van der Waals surface area contributed by atoms with Gasteiger partial charge in [0, 0.05) is 36.4 Å². The van der Waals surface area contributed by atoms with Crippen molar-refractivity contribution in [1.29, 1.82) is 5.26 Å². The number of halogens is 1. The average Bonchev–Trinajstić information content (AvgIpc) is 3.11. The van der Waals surface area contributed by atoms with E-state index in [0.29, 0.717) is 17.1 Å². The van der Waals surface area contributed by atoms with Crippen molar-refractivity contribution in [2.24, 2.45) is 0 Å². The number of carbonyl (C=O) groups excluding carboxylic acids is 1. The van der Waals surface area contributed by atoms with Crippen molar-refractivity contribution in [3.63, 3.8) is 0 Å². The molecule has 1 unspecified atom stereocenters. The molecule has 1 fully saturated rings. The van der Waals surface area contributed by atoms with Crippen LogP contribution >= 0.6 is 11.6 Å². The van der Waals surface area contributed by atoms with E-state index in [1.54, 1.807) is 0 Å². The Balaban J connectivity index is 1.36. The molecule has 0 bridgehead atoms. The molecule has 2 aromatic rings. The summed E-state index contributed by atoms with van der Waals surface area (Å²) in [5, 5.41) is 13.0. The molecule has 0 radical (unpaired) electrons. The van der Waals surface area contributed by atoms with Crippen LogP contribution in [-0.2, 0) is 13.0 Å². The molecule has 28 heavy (non-hydrogen) atoms. The third-order valence-corrected chi connectivity index (χ3v) is 5.71. The molecule has 2 aliphatic heterocycles. The molecule has 2 amide bonds. The lowest BCUT2D eigenvalue weighted by Crippen LogP contribution is -2.51. The monoisotopic (exact) mass is 394 g/mol. The van der Waals surface area contributed by atoms with Gasteiger partial charge in [0.05, 0.1) is 11.6 Å². The first-order chi connectivity index (χ1) is 13.6. The highest BCUT2D eigenvalue weighted by Gasteiger charge is 2.28. The van der Waals surface area contributed by atoms with Crippen LogP contribution in [0.15, 0.2) is 42.5 Å². The number of likely N-dealkylation sites (tertiary alicyclic amines) is 1. The maximum Gasteiger partial charge on any atom is 0.322 e. The molecular formula is C22H23ClN4O. The fourth-order valence-electron chi connectivity index (χ4n) is 4.15. The molecule has 6 heteroatoms. The van der Waals surface area contributed by atoms with Gasteiger partial charge in [0.15, 0.2) is 0 Å². The molecule has 0 aromatic heterocycles. The maximum atomic E-state index is 12.8. The first-order valence-corrected chi connectivity index (χ1v) is 10.1. The van der Waals surface area contributed by atoms with E-state index in [0.717, 1.165) is 55.7 Å². The Morgan fingerprint density at radius 1 is 1.25 bits per heavy atom. The summed E-state index contributed by atoms with van der Waals surface area (Å²) in [6.07, 6.45) is 2.88. The smallest absolute Gasteiger partial charge is 0.322 e. The van der Waals surface area contributed by atoms with E-state index < -0.39 is 0 Å². The summed E-state index contributed by atoms with van der Waals surface area (Å²) in [5.74, 6) is 0. The van der Waals surface area contributed by atoms with Crippen LogP contribution in [0, 0.1) is 11.3 Å². The fourth-order valence-corrected chi connectivity index (χ4v) is 4.34. The minimum absolute atomic E-state index is 0.0283. The number of nitrogens with zero attached hydrogens (tertiary/aromatic N) is 3. The lowest BCUT2D eigenvalue weighted by Gasteiger charge is -2.34. The van der Waals surface area contributed by atoms with Gasteiger partial charge in [-0.1, -0.05) is 23.7 Å². The second kappa shape index (κ2) is 8.22. The third-order valence-electron chi connectivity index (χ3n) is 5.48. The average molecular weight is 395 g/mol. The highest BCUT2D eigenvalue weighted by atomic mass is 35.5. The number of hydrogen-bond donors (Lipinski definition) is 1. The van der Waals surface area contributed by atoms with Crippen molar-refractivity contribution in [3.8, 4) is 6.07 Å². The molecule has 2 aromatic carbocycles. The summed E-state index contributed by atoms with van der Waals surface area (Å²) in [6.45, 7) is 3.32. The molecule has 1 saturated heterocycles. The zero-order valence-electron chi connectivity index (χ0n) is 15.7. The number of fused-ring (bicyclic) bond motifs is 1. The van der Waals surface area contributed by atoms with Crippen LogP contribution in [0.25, 0.3) is 0 Å². The molecule has 5 nitrogen and oxygen atoms in total. The van der Waals surface area contributed by atoms with Crippen LogP contribution in [0.4, 0.5) is 10.5 Å². The van der Waals surface area contributed by atoms with E-state index >= 15 is 0 Å². The summed E-state index contributed by atoms with van der Waals surface area (Å²) in [5.41, 5.74) is 3.91. The molecule has 0 aliphatic carbocycles. The van der Waals surface area contributed by atoms with E-state index in [1.807, 2.05) is 41.3 Å². The third kappa shape index (κ3) is 4.14. The lowest BCUT2D eigenvalue weighted by atomic mass is 10.0. The number of amides is 2. The van der Waals surface area contributed by atoms with Crippen LogP contribution in [0.2, 0.25) is 5.02 Å². The van der Waals surface area contributed by atoms with Gasteiger partial charge in [-0.2, -0.15) is 5.26 Å². The van der Waals surface area contributed by atoms with Gasteiger partial charge in [0.1, 0.15) is 0 Å². The molecule has 2 heterocycles. The Morgan fingerprint density at radius 3 is 3.00 bits per heavy atom. The van der Waals surface area contributed by atoms with Crippen molar-refractivity contribution >= 4 is 23.3 Å². The minimum Gasteiger partial charge on any atom is -0.334 e. The standard InChI is InChI=1S/C22H23ClN4O/c23-19-6-7-21-18(12-19)8-10-27(21)22(28)25-20-5-2-9-26(15-20)14-17-4-1-3-16(11-17)13-24/h1,3-4,6-7,11-12,20H,2,5,8-10,14-15H2,(H,25,28). The Morgan fingerprint density at radius 2 is 2.14 bits per heavy atom. The minimum atomic E-state index is -0.0283. The second-order valence-corrected chi connectivity index (χ2v) is 7.95. The van der Waals surface area contributed by atoms with Gasteiger partial charge in [0.2, 0.25) is 0 Å². The Hall–Kier alpha value is -2.55. The van der Waals surface area contributed by atoms with Crippen molar-refractivity contribution in [2.75, 3.05) is 24.5 Å². The molecule has 1 atom stereocenters. The second-order valence-electron chi connectivity index (χ2n) is 7.51. The number of rotatable bonds is 3. The van der Waals surface area contributed by atoms with E-state index in [1.165, 1.54) is 0 Å². The van der Waals surface area contributed by atoms with E-state index in [4.69, 9.17) is 16.9 Å². The summed E-state index contributed by atoms with van der Waals surface area (Å²) < 4.78 is 0. The van der Waals surface area contributed by atoms with Gasteiger partial charge >= 0.3 is 6.03 Å². The van der Waals surface area contributed by atoms with Crippen LogP contribution in [0.1, 0.15) is 29.5 Å². The van der Waals surface area contributed by atoms with Gasteiger partial charge in [-0.25, -0.2) is 4.79 Å². The van der Waals surface area contributed by atoms with Crippen molar-refractivity contribution in [1.82, 2.24) is 10.2 Å². The number of urea groups is 1. The van der Waals surface area contributed by atoms with Gasteiger partial charge in [0.25, 0.3) is 0 Å². The summed E-state index contributed by atoms with van der Waals surface area (Å²) in [6, 6.07) is 15.8. The summed E-state index contributed by atoms with van der Waals surface area (Å²) >= 11 is 6.07. The quantitative estimate of drug-likeness (QED) is 0.857. The summed E-state index contributed by atoms with van der Waals surface area (Å²) in [4.78, 5) is 17.0. The predicted octanol–water partition coefficient (Wildman–Crippen LogP) is 3.95. The van der Waals surface area contributed by atoms with Gasteiger partial charge in [-0.3, -0.25) is 9.80 Å². The zero-order valence-corrected chi connectivity index (χ0v) is 16.5. The maximum absolute atomic E-state index is 12.8. The molecule has 4 rings (SSSR count). The summed E-state index contributed by atoms with van der Waals surface area (Å²) in [7, 11) is 0. The first kappa shape index (κ1) is 18.8. The number of carbonyl (C=O) groups is 1. The van der Waals surface area contributed by atoms with Crippen molar-refractivity contribution < 1.29 is 4.79 Å². The predicted molar refractivity (Wildman–Crippen MR) is 110 cm³/mol. The molecule has 1 N–H and O–H groups in total. The van der Waals surface area contributed by atoms with Crippen molar-refractivity contribution in [2.45, 2.75) is 31.8 Å². The normalized spacial score (nSPS) is 19.1. The van der Waals surface area contributed by atoms with E-state index in [-0.39, 0.29) is 12.1 Å². The Labute approximate surface area is 170 Å². The Bertz CT molecular complexity index is 923.